The van der Waals surface area contributed by atoms with Crippen LogP contribution >= 0.6 is 0 Å². The van der Waals surface area contributed by atoms with Gasteiger partial charge in [0.25, 0.3) is 5.91 Å². The summed E-state index contributed by atoms with van der Waals surface area (Å²) < 4.78 is 10.4. The van der Waals surface area contributed by atoms with Gasteiger partial charge in [0, 0.05) is 11.3 Å². The van der Waals surface area contributed by atoms with Crippen LogP contribution in [0.1, 0.15) is 40.1 Å². The Morgan fingerprint density at radius 2 is 1.81 bits per heavy atom. The van der Waals surface area contributed by atoms with Crippen molar-refractivity contribution in [2.24, 2.45) is 0 Å². The van der Waals surface area contributed by atoms with Crippen LogP contribution in [0.15, 0.2) is 42.5 Å². The maximum atomic E-state index is 12.4. The SMILES string of the molecule is COc1ccc(C)cc1C(=O)O[C@H](C)C(=O)Nc1cccc(C(C)=O)c1. The molecule has 26 heavy (non-hydrogen) atoms. The Hall–Kier alpha value is -3.15. The van der Waals surface area contributed by atoms with Gasteiger partial charge in [0.15, 0.2) is 11.9 Å². The summed E-state index contributed by atoms with van der Waals surface area (Å²) in [4.78, 5) is 36.1. The average Bonchev–Trinajstić information content (AvgIpc) is 2.61. The number of ketones is 1. The third-order valence-electron chi connectivity index (χ3n) is 3.76. The molecular formula is C20H21NO5. The fraction of sp³-hybridized carbons (Fsp3) is 0.250. The van der Waals surface area contributed by atoms with Gasteiger partial charge in [-0.1, -0.05) is 23.8 Å². The average molecular weight is 355 g/mol. The number of aryl methyl sites for hydroxylation is 1. The van der Waals surface area contributed by atoms with Gasteiger partial charge in [0.1, 0.15) is 11.3 Å². The van der Waals surface area contributed by atoms with Gasteiger partial charge in [0.2, 0.25) is 0 Å². The number of esters is 1. The van der Waals surface area contributed by atoms with E-state index < -0.39 is 18.0 Å². The number of anilines is 1. The van der Waals surface area contributed by atoms with Crippen molar-refractivity contribution in [2.75, 3.05) is 12.4 Å². The van der Waals surface area contributed by atoms with Gasteiger partial charge < -0.3 is 14.8 Å². The van der Waals surface area contributed by atoms with Gasteiger partial charge in [-0.05, 0) is 45.0 Å². The highest BCUT2D eigenvalue weighted by Crippen LogP contribution is 2.21. The van der Waals surface area contributed by atoms with Crippen molar-refractivity contribution in [3.05, 3.63) is 59.2 Å². The standard InChI is InChI=1S/C20H21NO5/c1-12-8-9-18(25-4)17(10-12)20(24)26-14(3)19(23)21-16-7-5-6-15(11-16)13(2)22/h5-11,14H,1-4H3,(H,21,23)/t14-/m1/s1. The summed E-state index contributed by atoms with van der Waals surface area (Å²) in [7, 11) is 1.46. The molecule has 1 N–H and O–H groups in total. The second kappa shape index (κ2) is 8.29. The minimum atomic E-state index is -1.02. The Morgan fingerprint density at radius 1 is 1.08 bits per heavy atom. The Kier molecular flexibility index (Phi) is 6.11. The van der Waals surface area contributed by atoms with Crippen LogP contribution in [0.4, 0.5) is 5.69 Å². The van der Waals surface area contributed by atoms with Crippen LogP contribution in [0.5, 0.6) is 5.75 Å². The maximum Gasteiger partial charge on any atom is 0.342 e. The molecule has 0 heterocycles. The van der Waals surface area contributed by atoms with Crippen molar-refractivity contribution in [3.63, 3.8) is 0 Å². The van der Waals surface area contributed by atoms with Gasteiger partial charge in [0.05, 0.1) is 7.11 Å². The number of hydrogen-bond acceptors (Lipinski definition) is 5. The molecule has 0 aromatic heterocycles. The summed E-state index contributed by atoms with van der Waals surface area (Å²) in [6.07, 6.45) is -1.02. The Bertz CT molecular complexity index is 844. The minimum absolute atomic E-state index is 0.105. The van der Waals surface area contributed by atoms with Crippen molar-refractivity contribution >= 4 is 23.3 Å². The molecule has 6 nitrogen and oxygen atoms in total. The highest BCUT2D eigenvalue weighted by atomic mass is 16.5. The summed E-state index contributed by atoms with van der Waals surface area (Å²) in [6.45, 7) is 4.76. The van der Waals surface area contributed by atoms with Gasteiger partial charge >= 0.3 is 5.97 Å². The van der Waals surface area contributed by atoms with Crippen molar-refractivity contribution in [3.8, 4) is 5.75 Å². The van der Waals surface area contributed by atoms with E-state index in [-0.39, 0.29) is 11.3 Å². The Balaban J connectivity index is 2.07. The number of carbonyl (C=O) groups is 3. The number of nitrogens with one attached hydrogen (secondary N) is 1. The molecule has 0 aliphatic rings. The summed E-state index contributed by atoms with van der Waals surface area (Å²) in [5.74, 6) is -0.870. The molecule has 0 aliphatic carbocycles. The largest absolute Gasteiger partial charge is 0.496 e. The predicted octanol–water partition coefficient (Wildman–Crippen LogP) is 3.39. The zero-order valence-electron chi connectivity index (χ0n) is 15.2. The minimum Gasteiger partial charge on any atom is -0.496 e. The highest BCUT2D eigenvalue weighted by molar-refractivity contribution is 6.00. The molecular weight excluding hydrogens is 334 g/mol. The van der Waals surface area contributed by atoms with E-state index in [0.29, 0.717) is 17.0 Å². The topological polar surface area (TPSA) is 81.7 Å². The third-order valence-corrected chi connectivity index (χ3v) is 3.76. The molecule has 0 spiro atoms. The normalized spacial score (nSPS) is 11.4. The molecule has 6 heteroatoms. The van der Waals surface area contributed by atoms with Gasteiger partial charge in [-0.2, -0.15) is 0 Å². The summed E-state index contributed by atoms with van der Waals surface area (Å²) in [5, 5.41) is 2.63. The van der Waals surface area contributed by atoms with Crippen LogP contribution in [0, 0.1) is 6.92 Å². The molecule has 0 unspecified atom stereocenters. The van der Waals surface area contributed by atoms with E-state index in [9.17, 15) is 14.4 Å². The molecule has 1 amide bonds. The number of hydrogen-bond donors (Lipinski definition) is 1. The number of carbonyl (C=O) groups excluding carboxylic acids is 3. The van der Waals surface area contributed by atoms with Crippen molar-refractivity contribution in [1.29, 1.82) is 0 Å². The van der Waals surface area contributed by atoms with Crippen LogP contribution < -0.4 is 10.1 Å². The van der Waals surface area contributed by atoms with Crippen molar-refractivity contribution < 1.29 is 23.9 Å². The number of ether oxygens (including phenoxy) is 2. The molecule has 0 bridgehead atoms. The van der Waals surface area contributed by atoms with Gasteiger partial charge in [-0.3, -0.25) is 9.59 Å². The van der Waals surface area contributed by atoms with E-state index in [0.717, 1.165) is 5.56 Å². The first-order valence-electron chi connectivity index (χ1n) is 8.09. The van der Waals surface area contributed by atoms with Crippen LogP contribution in [-0.4, -0.2) is 30.9 Å². The van der Waals surface area contributed by atoms with Crippen LogP contribution in [0.25, 0.3) is 0 Å². The molecule has 2 aromatic rings. The molecule has 0 aliphatic heterocycles. The van der Waals surface area contributed by atoms with E-state index in [1.54, 1.807) is 36.4 Å². The quantitative estimate of drug-likeness (QED) is 0.634. The van der Waals surface area contributed by atoms with E-state index in [4.69, 9.17) is 9.47 Å². The molecule has 1 atom stereocenters. The van der Waals surface area contributed by atoms with E-state index in [1.807, 2.05) is 13.0 Å². The predicted molar refractivity (Wildman–Crippen MR) is 97.7 cm³/mol. The van der Waals surface area contributed by atoms with Gasteiger partial charge in [-0.25, -0.2) is 4.79 Å². The molecule has 0 saturated carbocycles. The lowest BCUT2D eigenvalue weighted by molar-refractivity contribution is -0.123. The molecule has 0 radical (unpaired) electrons. The third kappa shape index (κ3) is 4.69. The van der Waals surface area contributed by atoms with Crippen LogP contribution in [-0.2, 0) is 9.53 Å². The second-order valence-corrected chi connectivity index (χ2v) is 5.88. The van der Waals surface area contributed by atoms with Gasteiger partial charge in [-0.15, -0.1) is 0 Å². The molecule has 2 rings (SSSR count). The molecule has 2 aromatic carbocycles. The van der Waals surface area contributed by atoms with Crippen LogP contribution in [0.3, 0.4) is 0 Å². The van der Waals surface area contributed by atoms with E-state index in [1.165, 1.54) is 21.0 Å². The highest BCUT2D eigenvalue weighted by Gasteiger charge is 2.21. The second-order valence-electron chi connectivity index (χ2n) is 5.88. The number of methoxy groups -OCH3 is 1. The lowest BCUT2D eigenvalue weighted by Gasteiger charge is -2.15. The smallest absolute Gasteiger partial charge is 0.342 e. The summed E-state index contributed by atoms with van der Waals surface area (Å²) in [5.41, 5.74) is 2.07. The fourth-order valence-electron chi connectivity index (χ4n) is 2.32. The first kappa shape index (κ1) is 19.2. The number of amides is 1. The van der Waals surface area contributed by atoms with Crippen molar-refractivity contribution in [2.45, 2.75) is 26.9 Å². The van der Waals surface area contributed by atoms with Crippen LogP contribution in [0.2, 0.25) is 0 Å². The molecule has 0 fully saturated rings. The molecule has 0 saturated heterocycles. The zero-order valence-corrected chi connectivity index (χ0v) is 15.2. The molecule has 136 valence electrons. The Labute approximate surface area is 152 Å². The van der Waals surface area contributed by atoms with Crippen molar-refractivity contribution in [1.82, 2.24) is 0 Å². The number of Topliss-reactive ketones (excluding diaryl/α,β-unsaturated/α-hetero) is 1. The first-order chi connectivity index (χ1) is 12.3. The van der Waals surface area contributed by atoms with E-state index >= 15 is 0 Å². The lowest BCUT2D eigenvalue weighted by Crippen LogP contribution is -2.30. The summed E-state index contributed by atoms with van der Waals surface area (Å²) in [6, 6.07) is 11.7. The summed E-state index contributed by atoms with van der Waals surface area (Å²) >= 11 is 0. The zero-order chi connectivity index (χ0) is 19.3. The van der Waals surface area contributed by atoms with E-state index in [2.05, 4.69) is 5.32 Å². The number of rotatable bonds is 6. The fourth-order valence-corrected chi connectivity index (χ4v) is 2.32. The lowest BCUT2D eigenvalue weighted by atomic mass is 10.1. The maximum absolute atomic E-state index is 12.4. The number of benzene rings is 2. The first-order valence-corrected chi connectivity index (χ1v) is 8.09. The Morgan fingerprint density at radius 3 is 2.46 bits per heavy atom. The monoisotopic (exact) mass is 355 g/mol.